The van der Waals surface area contributed by atoms with Gasteiger partial charge in [-0.15, -0.1) is 0 Å². The van der Waals surface area contributed by atoms with Crippen LogP contribution in [0.3, 0.4) is 0 Å². The minimum atomic E-state index is -3.54. The van der Waals surface area contributed by atoms with Gasteiger partial charge in [0.15, 0.2) is 0 Å². The van der Waals surface area contributed by atoms with Crippen molar-refractivity contribution < 1.29 is 17.9 Å². The normalized spacial score (nSPS) is 12.8. The van der Waals surface area contributed by atoms with E-state index < -0.39 is 10.0 Å². The summed E-state index contributed by atoms with van der Waals surface area (Å²) in [7, 11) is -1.93. The molecule has 1 amide bonds. The van der Waals surface area contributed by atoms with Gasteiger partial charge in [0, 0.05) is 18.7 Å². The molecule has 0 fully saturated rings. The van der Waals surface area contributed by atoms with Crippen molar-refractivity contribution in [1.29, 1.82) is 0 Å². The monoisotopic (exact) mass is 418 g/mol. The van der Waals surface area contributed by atoms with E-state index in [9.17, 15) is 13.2 Å². The van der Waals surface area contributed by atoms with E-state index in [2.05, 4.69) is 5.32 Å². The lowest BCUT2D eigenvalue weighted by atomic mass is 9.95. The summed E-state index contributed by atoms with van der Waals surface area (Å²) in [6, 6.07) is 13.5. The van der Waals surface area contributed by atoms with Gasteiger partial charge < -0.3 is 10.1 Å². The zero-order valence-electron chi connectivity index (χ0n) is 17.7. The van der Waals surface area contributed by atoms with Crippen LogP contribution in [0.2, 0.25) is 0 Å². The molecule has 0 saturated carbocycles. The standard InChI is InChI=1S/C22H30N2O4S/c1-6-24(7-2)29(26,27)20-14-10-18(11-15-20)22(25)23-21(16(3)4)17-8-12-19(28-5)13-9-17/h8-16,21H,6-7H2,1-5H3,(H,23,25)/t21-/m1/s1. The number of methoxy groups -OCH3 is 1. The third kappa shape index (κ3) is 5.36. The summed E-state index contributed by atoms with van der Waals surface area (Å²) in [4.78, 5) is 13.0. The van der Waals surface area contributed by atoms with Gasteiger partial charge in [-0.3, -0.25) is 4.79 Å². The summed E-state index contributed by atoms with van der Waals surface area (Å²) in [6.07, 6.45) is 0. The smallest absolute Gasteiger partial charge is 0.251 e. The summed E-state index contributed by atoms with van der Waals surface area (Å²) in [5, 5.41) is 3.05. The molecule has 0 aliphatic rings. The molecule has 0 saturated heterocycles. The van der Waals surface area contributed by atoms with Crippen LogP contribution in [0.15, 0.2) is 53.4 Å². The maximum Gasteiger partial charge on any atom is 0.251 e. The number of amides is 1. The molecule has 0 aliphatic carbocycles. The highest BCUT2D eigenvalue weighted by atomic mass is 32.2. The predicted molar refractivity (Wildman–Crippen MR) is 115 cm³/mol. The summed E-state index contributed by atoms with van der Waals surface area (Å²) in [5.41, 5.74) is 1.40. The number of carbonyl (C=O) groups excluding carboxylic acids is 1. The van der Waals surface area contributed by atoms with E-state index in [4.69, 9.17) is 4.74 Å². The summed E-state index contributed by atoms with van der Waals surface area (Å²) >= 11 is 0. The van der Waals surface area contributed by atoms with E-state index in [1.165, 1.54) is 16.4 Å². The number of benzene rings is 2. The molecule has 29 heavy (non-hydrogen) atoms. The van der Waals surface area contributed by atoms with E-state index in [1.807, 2.05) is 38.1 Å². The van der Waals surface area contributed by atoms with Gasteiger partial charge in [0.05, 0.1) is 18.0 Å². The highest BCUT2D eigenvalue weighted by Crippen LogP contribution is 2.25. The Bertz CT molecular complexity index is 903. The van der Waals surface area contributed by atoms with E-state index in [0.717, 1.165) is 11.3 Å². The lowest BCUT2D eigenvalue weighted by Gasteiger charge is -2.23. The largest absolute Gasteiger partial charge is 0.497 e. The maximum absolute atomic E-state index is 12.8. The molecule has 0 heterocycles. The molecule has 2 aromatic rings. The number of hydrogen-bond donors (Lipinski definition) is 1. The molecule has 7 heteroatoms. The fraction of sp³-hybridized carbons (Fsp3) is 0.409. The van der Waals surface area contributed by atoms with Crippen LogP contribution in [0, 0.1) is 5.92 Å². The van der Waals surface area contributed by atoms with Crippen LogP contribution < -0.4 is 10.1 Å². The topological polar surface area (TPSA) is 75.7 Å². The van der Waals surface area contributed by atoms with E-state index in [-0.39, 0.29) is 22.8 Å². The van der Waals surface area contributed by atoms with Crippen molar-refractivity contribution >= 4 is 15.9 Å². The Kier molecular flexibility index (Phi) is 7.81. The molecular weight excluding hydrogens is 388 g/mol. The molecule has 0 aliphatic heterocycles. The SMILES string of the molecule is CCN(CC)S(=O)(=O)c1ccc(C(=O)N[C@@H](c2ccc(OC)cc2)C(C)C)cc1. The maximum atomic E-state index is 12.8. The zero-order chi connectivity index (χ0) is 21.6. The molecule has 2 rings (SSSR count). The molecule has 2 aromatic carbocycles. The molecule has 0 bridgehead atoms. The Labute approximate surface area is 173 Å². The van der Waals surface area contributed by atoms with Gasteiger partial charge in [-0.2, -0.15) is 4.31 Å². The first-order chi connectivity index (χ1) is 13.7. The predicted octanol–water partition coefficient (Wildman–Crippen LogP) is 3.85. The molecular formula is C22H30N2O4S. The van der Waals surface area contributed by atoms with E-state index >= 15 is 0 Å². The van der Waals surface area contributed by atoms with Gasteiger partial charge in [0.2, 0.25) is 10.0 Å². The molecule has 0 radical (unpaired) electrons. The molecule has 6 nitrogen and oxygen atoms in total. The first-order valence-corrected chi connectivity index (χ1v) is 11.2. The Morgan fingerprint density at radius 3 is 2.00 bits per heavy atom. The number of carbonyl (C=O) groups is 1. The number of nitrogens with zero attached hydrogens (tertiary/aromatic N) is 1. The second-order valence-electron chi connectivity index (χ2n) is 7.08. The van der Waals surface area contributed by atoms with Crippen molar-refractivity contribution in [3.8, 4) is 5.75 Å². The number of nitrogens with one attached hydrogen (secondary N) is 1. The van der Waals surface area contributed by atoms with Crippen LogP contribution in [-0.2, 0) is 10.0 Å². The summed E-state index contributed by atoms with van der Waals surface area (Å²) < 4.78 is 31.8. The van der Waals surface area contributed by atoms with Crippen LogP contribution in [0.25, 0.3) is 0 Å². The van der Waals surface area contributed by atoms with Gasteiger partial charge in [-0.25, -0.2) is 8.42 Å². The lowest BCUT2D eigenvalue weighted by Crippen LogP contribution is -2.32. The molecule has 0 aromatic heterocycles. The molecule has 1 atom stereocenters. The van der Waals surface area contributed by atoms with Crippen molar-refractivity contribution in [1.82, 2.24) is 9.62 Å². The van der Waals surface area contributed by atoms with Gasteiger partial charge >= 0.3 is 0 Å². The first kappa shape index (κ1) is 22.9. The van der Waals surface area contributed by atoms with E-state index in [0.29, 0.717) is 18.7 Å². The zero-order valence-corrected chi connectivity index (χ0v) is 18.5. The number of rotatable bonds is 9. The van der Waals surface area contributed by atoms with Crippen molar-refractivity contribution in [3.05, 3.63) is 59.7 Å². The highest BCUT2D eigenvalue weighted by molar-refractivity contribution is 7.89. The number of hydrogen-bond acceptors (Lipinski definition) is 4. The van der Waals surface area contributed by atoms with Gasteiger partial charge in [0.1, 0.15) is 5.75 Å². The Morgan fingerprint density at radius 1 is 1.00 bits per heavy atom. The highest BCUT2D eigenvalue weighted by Gasteiger charge is 2.23. The van der Waals surface area contributed by atoms with Crippen LogP contribution >= 0.6 is 0 Å². The average Bonchev–Trinajstić information content (AvgIpc) is 2.72. The van der Waals surface area contributed by atoms with Crippen LogP contribution in [0.5, 0.6) is 5.75 Å². The van der Waals surface area contributed by atoms with Crippen molar-refractivity contribution in [2.24, 2.45) is 5.92 Å². The first-order valence-electron chi connectivity index (χ1n) is 9.79. The van der Waals surface area contributed by atoms with Crippen LogP contribution in [0.1, 0.15) is 49.7 Å². The molecule has 158 valence electrons. The number of ether oxygens (including phenoxy) is 1. The van der Waals surface area contributed by atoms with Gasteiger partial charge in [-0.05, 0) is 47.9 Å². The summed E-state index contributed by atoms with van der Waals surface area (Å²) in [5.74, 6) is 0.688. The van der Waals surface area contributed by atoms with E-state index in [1.54, 1.807) is 33.1 Å². The fourth-order valence-corrected chi connectivity index (χ4v) is 4.62. The second kappa shape index (κ2) is 9.89. The van der Waals surface area contributed by atoms with Crippen molar-refractivity contribution in [3.63, 3.8) is 0 Å². The van der Waals surface area contributed by atoms with Crippen LogP contribution in [-0.4, -0.2) is 38.8 Å². The van der Waals surface area contributed by atoms with Crippen molar-refractivity contribution in [2.45, 2.75) is 38.6 Å². The third-order valence-electron chi connectivity index (χ3n) is 4.89. The minimum absolute atomic E-state index is 0.174. The van der Waals surface area contributed by atoms with Gasteiger partial charge in [0.25, 0.3) is 5.91 Å². The Morgan fingerprint density at radius 2 is 1.55 bits per heavy atom. The molecule has 1 N–H and O–H groups in total. The second-order valence-corrected chi connectivity index (χ2v) is 9.02. The molecule has 0 unspecified atom stereocenters. The van der Waals surface area contributed by atoms with Crippen LogP contribution in [0.4, 0.5) is 0 Å². The third-order valence-corrected chi connectivity index (χ3v) is 6.95. The average molecular weight is 419 g/mol. The Balaban J connectivity index is 2.20. The van der Waals surface area contributed by atoms with Crippen molar-refractivity contribution in [2.75, 3.05) is 20.2 Å². The Hall–Kier alpha value is -2.38. The number of sulfonamides is 1. The fourth-order valence-electron chi connectivity index (χ4n) is 3.16. The quantitative estimate of drug-likeness (QED) is 0.671. The summed E-state index contributed by atoms with van der Waals surface area (Å²) in [6.45, 7) is 8.48. The lowest BCUT2D eigenvalue weighted by molar-refractivity contribution is 0.0925. The van der Waals surface area contributed by atoms with Gasteiger partial charge in [-0.1, -0.05) is 39.8 Å². The molecule has 0 spiro atoms. The minimum Gasteiger partial charge on any atom is -0.497 e.